The Morgan fingerprint density at radius 2 is 2.17 bits per heavy atom. The number of likely N-dealkylation sites (N-methyl/N-ethyl adjacent to an activating group) is 1. The highest BCUT2D eigenvalue weighted by atomic mass is 19.1. The van der Waals surface area contributed by atoms with E-state index in [1.807, 2.05) is 0 Å². The number of benzene rings is 1. The Morgan fingerprint density at radius 1 is 1.39 bits per heavy atom. The van der Waals surface area contributed by atoms with Gasteiger partial charge in [-0.15, -0.1) is 0 Å². The average Bonchev–Trinajstić information content (AvgIpc) is 3.24. The SMILES string of the molecule is CN(CC(=O)Nc1cccc(F)c1)C(=O)c1cc(C2CC2)[nH]n1. The van der Waals surface area contributed by atoms with Gasteiger partial charge in [0, 0.05) is 24.3 Å². The van der Waals surface area contributed by atoms with Gasteiger partial charge in [-0.25, -0.2) is 4.39 Å². The second-order valence-electron chi connectivity index (χ2n) is 5.70. The molecule has 2 amide bonds. The van der Waals surface area contributed by atoms with Crippen molar-refractivity contribution in [1.29, 1.82) is 0 Å². The Kier molecular flexibility index (Phi) is 4.10. The number of H-pyrrole nitrogens is 1. The summed E-state index contributed by atoms with van der Waals surface area (Å²) in [6.45, 7) is -0.138. The van der Waals surface area contributed by atoms with Crippen molar-refractivity contribution in [3.8, 4) is 0 Å². The van der Waals surface area contributed by atoms with Crippen LogP contribution in [0.5, 0.6) is 0 Å². The number of aromatic amines is 1. The fraction of sp³-hybridized carbons (Fsp3) is 0.312. The number of anilines is 1. The molecule has 0 radical (unpaired) electrons. The molecule has 0 unspecified atom stereocenters. The van der Waals surface area contributed by atoms with Gasteiger partial charge in [-0.2, -0.15) is 5.10 Å². The third-order valence-electron chi connectivity index (χ3n) is 3.67. The fourth-order valence-electron chi connectivity index (χ4n) is 2.30. The van der Waals surface area contributed by atoms with E-state index in [0.717, 1.165) is 18.5 Å². The van der Waals surface area contributed by atoms with Crippen LogP contribution in [-0.4, -0.2) is 40.5 Å². The van der Waals surface area contributed by atoms with Crippen LogP contribution in [0, 0.1) is 5.82 Å². The molecule has 1 aromatic heterocycles. The summed E-state index contributed by atoms with van der Waals surface area (Å²) in [4.78, 5) is 25.5. The molecule has 2 N–H and O–H groups in total. The van der Waals surface area contributed by atoms with Gasteiger partial charge >= 0.3 is 0 Å². The molecule has 7 heteroatoms. The van der Waals surface area contributed by atoms with Gasteiger partial charge in [-0.3, -0.25) is 14.7 Å². The van der Waals surface area contributed by atoms with Gasteiger partial charge in [0.1, 0.15) is 11.5 Å². The van der Waals surface area contributed by atoms with Crippen LogP contribution < -0.4 is 5.32 Å². The third kappa shape index (κ3) is 3.74. The van der Waals surface area contributed by atoms with Crippen molar-refractivity contribution in [1.82, 2.24) is 15.1 Å². The first-order valence-corrected chi connectivity index (χ1v) is 7.39. The first kappa shape index (κ1) is 15.2. The molecule has 3 rings (SSSR count). The highest BCUT2D eigenvalue weighted by Gasteiger charge is 2.27. The predicted molar refractivity (Wildman–Crippen MR) is 82.6 cm³/mol. The van der Waals surface area contributed by atoms with Crippen LogP contribution in [0.3, 0.4) is 0 Å². The first-order valence-electron chi connectivity index (χ1n) is 7.39. The highest BCUT2D eigenvalue weighted by molar-refractivity contribution is 5.98. The maximum absolute atomic E-state index is 13.1. The van der Waals surface area contributed by atoms with Crippen LogP contribution in [0.4, 0.5) is 10.1 Å². The molecular formula is C16H17FN4O2. The summed E-state index contributed by atoms with van der Waals surface area (Å²) in [5.41, 5.74) is 1.62. The lowest BCUT2D eigenvalue weighted by atomic mass is 10.2. The molecule has 0 bridgehead atoms. The van der Waals surface area contributed by atoms with E-state index in [1.54, 1.807) is 12.1 Å². The second-order valence-corrected chi connectivity index (χ2v) is 5.70. The molecule has 6 nitrogen and oxygen atoms in total. The van der Waals surface area contributed by atoms with Gasteiger partial charge in [-0.05, 0) is 37.1 Å². The summed E-state index contributed by atoms with van der Waals surface area (Å²) in [7, 11) is 1.53. The zero-order valence-corrected chi connectivity index (χ0v) is 12.7. The van der Waals surface area contributed by atoms with Gasteiger partial charge in [0.25, 0.3) is 5.91 Å². The summed E-state index contributed by atoms with van der Waals surface area (Å²) in [6.07, 6.45) is 2.23. The molecule has 0 atom stereocenters. The van der Waals surface area contributed by atoms with E-state index in [2.05, 4.69) is 15.5 Å². The molecule has 1 fully saturated rings. The number of carbonyl (C=O) groups is 2. The van der Waals surface area contributed by atoms with E-state index >= 15 is 0 Å². The van der Waals surface area contributed by atoms with Crippen LogP contribution in [0.15, 0.2) is 30.3 Å². The minimum Gasteiger partial charge on any atom is -0.331 e. The van der Waals surface area contributed by atoms with Crippen molar-refractivity contribution in [3.63, 3.8) is 0 Å². The van der Waals surface area contributed by atoms with Gasteiger partial charge in [0.15, 0.2) is 0 Å². The molecule has 1 heterocycles. The van der Waals surface area contributed by atoms with E-state index in [1.165, 1.54) is 30.1 Å². The maximum Gasteiger partial charge on any atom is 0.274 e. The van der Waals surface area contributed by atoms with Crippen molar-refractivity contribution in [3.05, 3.63) is 47.5 Å². The van der Waals surface area contributed by atoms with E-state index in [9.17, 15) is 14.0 Å². The summed E-state index contributed by atoms with van der Waals surface area (Å²) in [6, 6.07) is 7.33. The van der Waals surface area contributed by atoms with Crippen LogP contribution in [0.25, 0.3) is 0 Å². The molecule has 23 heavy (non-hydrogen) atoms. The van der Waals surface area contributed by atoms with Crippen LogP contribution in [0.2, 0.25) is 0 Å². The van der Waals surface area contributed by atoms with Crippen LogP contribution in [0.1, 0.15) is 34.9 Å². The molecule has 0 saturated heterocycles. The number of aromatic nitrogens is 2. The zero-order valence-electron chi connectivity index (χ0n) is 12.7. The van der Waals surface area contributed by atoms with E-state index in [4.69, 9.17) is 0 Å². The normalized spacial score (nSPS) is 13.7. The fourth-order valence-corrected chi connectivity index (χ4v) is 2.30. The monoisotopic (exact) mass is 316 g/mol. The van der Waals surface area contributed by atoms with Gasteiger partial charge in [0.2, 0.25) is 5.91 Å². The molecule has 120 valence electrons. The standard InChI is InChI=1S/C16H17FN4O2/c1-21(9-15(22)18-12-4-2-3-11(17)7-12)16(23)14-8-13(19-20-14)10-5-6-10/h2-4,7-8,10H,5-6,9H2,1H3,(H,18,22)(H,19,20). The number of amides is 2. The van der Waals surface area contributed by atoms with E-state index in [-0.39, 0.29) is 12.5 Å². The number of hydrogen-bond acceptors (Lipinski definition) is 3. The number of nitrogens with one attached hydrogen (secondary N) is 2. The van der Waals surface area contributed by atoms with Crippen molar-refractivity contribution in [2.45, 2.75) is 18.8 Å². The molecule has 1 aliphatic rings. The van der Waals surface area contributed by atoms with Crippen LogP contribution in [-0.2, 0) is 4.79 Å². The smallest absolute Gasteiger partial charge is 0.274 e. The number of halogens is 1. The van der Waals surface area contributed by atoms with Crippen molar-refractivity contribution >= 4 is 17.5 Å². The third-order valence-corrected chi connectivity index (χ3v) is 3.67. The molecule has 0 spiro atoms. The van der Waals surface area contributed by atoms with Crippen molar-refractivity contribution in [2.24, 2.45) is 0 Å². The van der Waals surface area contributed by atoms with Crippen LogP contribution >= 0.6 is 0 Å². The topological polar surface area (TPSA) is 78.1 Å². The number of hydrogen-bond donors (Lipinski definition) is 2. The maximum atomic E-state index is 13.1. The number of nitrogens with zero attached hydrogens (tertiary/aromatic N) is 2. The summed E-state index contributed by atoms with van der Waals surface area (Å²) >= 11 is 0. The average molecular weight is 316 g/mol. The Morgan fingerprint density at radius 3 is 2.87 bits per heavy atom. The Balaban J connectivity index is 1.57. The molecule has 1 saturated carbocycles. The van der Waals surface area contributed by atoms with Crippen molar-refractivity contribution < 1.29 is 14.0 Å². The molecular weight excluding hydrogens is 299 g/mol. The zero-order chi connectivity index (χ0) is 16.4. The quantitative estimate of drug-likeness (QED) is 0.887. The lowest BCUT2D eigenvalue weighted by Crippen LogP contribution is -2.35. The van der Waals surface area contributed by atoms with Gasteiger partial charge < -0.3 is 10.2 Å². The lowest BCUT2D eigenvalue weighted by molar-refractivity contribution is -0.116. The Bertz CT molecular complexity index is 739. The van der Waals surface area contributed by atoms with Gasteiger partial charge in [0.05, 0.1) is 6.54 Å². The van der Waals surface area contributed by atoms with Crippen molar-refractivity contribution in [2.75, 3.05) is 18.9 Å². The number of carbonyl (C=O) groups excluding carboxylic acids is 2. The Hall–Kier alpha value is -2.70. The predicted octanol–water partition coefficient (Wildman–Crippen LogP) is 2.14. The van der Waals surface area contributed by atoms with E-state index in [0.29, 0.717) is 17.3 Å². The Labute approximate surface area is 132 Å². The first-order chi connectivity index (χ1) is 11.0. The highest BCUT2D eigenvalue weighted by Crippen LogP contribution is 2.39. The molecule has 0 aliphatic heterocycles. The minimum absolute atomic E-state index is 0.138. The van der Waals surface area contributed by atoms with E-state index < -0.39 is 11.7 Å². The summed E-state index contributed by atoms with van der Waals surface area (Å²) in [5.74, 6) is -0.686. The second kappa shape index (κ2) is 6.20. The molecule has 1 aromatic carbocycles. The number of rotatable bonds is 5. The largest absolute Gasteiger partial charge is 0.331 e. The summed E-state index contributed by atoms with van der Waals surface area (Å²) < 4.78 is 13.1. The summed E-state index contributed by atoms with van der Waals surface area (Å²) in [5, 5.41) is 9.42. The molecule has 2 aromatic rings. The van der Waals surface area contributed by atoms with Gasteiger partial charge in [-0.1, -0.05) is 6.07 Å². The minimum atomic E-state index is -0.434. The lowest BCUT2D eigenvalue weighted by Gasteiger charge is -2.15. The molecule has 1 aliphatic carbocycles.